The van der Waals surface area contributed by atoms with Crippen LogP contribution >= 0.6 is 0 Å². The SMILES string of the molecule is O=c1occ(-c2cc(C(F)(F)F)cc(C(F)(F)F)c2)n1Cc1cc(C(F)(F)F)c[nH]1. The maximum atomic E-state index is 13.0. The molecular weight excluding hydrogens is 435 g/mol. The summed E-state index contributed by atoms with van der Waals surface area (Å²) in [7, 11) is 0. The van der Waals surface area contributed by atoms with Crippen molar-refractivity contribution < 1.29 is 43.9 Å². The number of oxazole rings is 1. The molecule has 0 radical (unpaired) electrons. The third-order valence-electron chi connectivity index (χ3n) is 4.06. The Balaban J connectivity index is 2.10. The van der Waals surface area contributed by atoms with Crippen molar-refractivity contribution in [1.29, 1.82) is 0 Å². The Morgan fingerprint density at radius 1 is 0.800 bits per heavy atom. The summed E-state index contributed by atoms with van der Waals surface area (Å²) in [5.41, 5.74) is -5.60. The highest BCUT2D eigenvalue weighted by Gasteiger charge is 2.37. The fraction of sp³-hybridized carbons (Fsp3) is 0.235. The summed E-state index contributed by atoms with van der Waals surface area (Å²) in [6.07, 6.45) is -13.7. The number of nitrogens with one attached hydrogen (secondary N) is 1. The van der Waals surface area contributed by atoms with E-state index in [4.69, 9.17) is 0 Å². The van der Waals surface area contributed by atoms with Crippen LogP contribution in [0.15, 0.2) is 45.9 Å². The number of halogens is 9. The average Bonchev–Trinajstić information content (AvgIpc) is 3.21. The first-order chi connectivity index (χ1) is 13.7. The Morgan fingerprint density at radius 3 is 1.80 bits per heavy atom. The molecule has 3 rings (SSSR count). The predicted molar refractivity (Wildman–Crippen MR) is 83.3 cm³/mol. The van der Waals surface area contributed by atoms with Gasteiger partial charge in [0.2, 0.25) is 0 Å². The highest BCUT2D eigenvalue weighted by atomic mass is 19.4. The number of hydrogen-bond donors (Lipinski definition) is 1. The van der Waals surface area contributed by atoms with Gasteiger partial charge < -0.3 is 9.40 Å². The van der Waals surface area contributed by atoms with Crippen molar-refractivity contribution in [3.63, 3.8) is 0 Å². The van der Waals surface area contributed by atoms with Crippen molar-refractivity contribution >= 4 is 0 Å². The lowest BCUT2D eigenvalue weighted by atomic mass is 10.0. The summed E-state index contributed by atoms with van der Waals surface area (Å²) < 4.78 is 122. The van der Waals surface area contributed by atoms with E-state index in [1.165, 1.54) is 0 Å². The standard InChI is InChI=1S/C17H9F9N2O2/c18-15(19,20)9-1-8(2-10(3-9)16(21,22)23)13-7-30-14(29)28(13)6-12-4-11(5-27-12)17(24,25)26/h1-5,7,27H,6H2. The third-order valence-corrected chi connectivity index (χ3v) is 4.06. The first kappa shape index (κ1) is 21.6. The average molecular weight is 444 g/mol. The molecule has 0 atom stereocenters. The minimum atomic E-state index is -5.12. The van der Waals surface area contributed by atoms with Gasteiger partial charge in [-0.25, -0.2) is 4.79 Å². The Bertz CT molecular complexity index is 1080. The molecule has 0 saturated heterocycles. The smallest absolute Gasteiger partial charge is 0.416 e. The summed E-state index contributed by atoms with van der Waals surface area (Å²) in [6.45, 7) is -0.613. The fourth-order valence-electron chi connectivity index (χ4n) is 2.67. The van der Waals surface area contributed by atoms with E-state index in [0.717, 1.165) is 0 Å². The van der Waals surface area contributed by atoms with E-state index in [0.29, 0.717) is 35.2 Å². The number of aromatic amines is 1. The molecule has 30 heavy (non-hydrogen) atoms. The van der Waals surface area contributed by atoms with Gasteiger partial charge in [0.1, 0.15) is 6.26 Å². The maximum absolute atomic E-state index is 13.0. The molecular formula is C17H9F9N2O2. The second kappa shape index (κ2) is 6.99. The molecule has 1 aromatic carbocycles. The molecule has 13 heteroatoms. The zero-order valence-corrected chi connectivity index (χ0v) is 14.3. The van der Waals surface area contributed by atoms with Crippen LogP contribution in [0.2, 0.25) is 0 Å². The molecule has 0 aliphatic heterocycles. The van der Waals surface area contributed by atoms with E-state index >= 15 is 0 Å². The largest absolute Gasteiger partial charge is 0.419 e. The van der Waals surface area contributed by atoms with Crippen LogP contribution in [-0.4, -0.2) is 9.55 Å². The second-order valence-electron chi connectivity index (χ2n) is 6.18. The summed E-state index contributed by atoms with van der Waals surface area (Å²) in [5.74, 6) is -1.18. The highest BCUT2D eigenvalue weighted by Crippen LogP contribution is 2.38. The Hall–Kier alpha value is -3.12. The molecule has 0 aliphatic carbocycles. The van der Waals surface area contributed by atoms with Gasteiger partial charge in [-0.2, -0.15) is 39.5 Å². The van der Waals surface area contributed by atoms with E-state index in [-0.39, 0.29) is 11.8 Å². The van der Waals surface area contributed by atoms with Gasteiger partial charge in [0.15, 0.2) is 0 Å². The summed E-state index contributed by atoms with van der Waals surface area (Å²) in [6, 6.07) is 1.32. The first-order valence-corrected chi connectivity index (χ1v) is 7.89. The lowest BCUT2D eigenvalue weighted by molar-refractivity contribution is -0.143. The minimum Gasteiger partial charge on any atom is -0.416 e. The van der Waals surface area contributed by atoms with Crippen molar-refractivity contribution in [3.05, 3.63) is 69.7 Å². The Morgan fingerprint density at radius 2 is 1.33 bits per heavy atom. The van der Waals surface area contributed by atoms with Gasteiger partial charge >= 0.3 is 24.3 Å². The van der Waals surface area contributed by atoms with E-state index < -0.39 is 58.8 Å². The van der Waals surface area contributed by atoms with Gasteiger partial charge in [0.05, 0.1) is 28.9 Å². The van der Waals surface area contributed by atoms with Gasteiger partial charge in [-0.05, 0) is 24.3 Å². The van der Waals surface area contributed by atoms with E-state index in [2.05, 4.69) is 9.40 Å². The van der Waals surface area contributed by atoms with Gasteiger partial charge in [0.25, 0.3) is 0 Å². The van der Waals surface area contributed by atoms with E-state index in [1.54, 1.807) is 0 Å². The monoisotopic (exact) mass is 444 g/mol. The first-order valence-electron chi connectivity index (χ1n) is 7.89. The molecule has 0 bridgehead atoms. The molecule has 3 aromatic rings. The van der Waals surface area contributed by atoms with Crippen LogP contribution in [-0.2, 0) is 25.1 Å². The molecule has 1 N–H and O–H groups in total. The van der Waals surface area contributed by atoms with Gasteiger partial charge in [0, 0.05) is 17.5 Å². The van der Waals surface area contributed by atoms with Crippen LogP contribution in [0.4, 0.5) is 39.5 Å². The predicted octanol–water partition coefficient (Wildman–Crippen LogP) is 5.54. The lowest BCUT2D eigenvalue weighted by Crippen LogP contribution is -2.17. The van der Waals surface area contributed by atoms with Crippen LogP contribution < -0.4 is 5.76 Å². The summed E-state index contributed by atoms with van der Waals surface area (Å²) in [5, 5.41) is 0. The van der Waals surface area contributed by atoms with E-state index in [1.807, 2.05) is 0 Å². The third kappa shape index (κ3) is 4.39. The normalized spacial score (nSPS) is 13.1. The number of aromatic nitrogens is 2. The van der Waals surface area contributed by atoms with Gasteiger partial charge in [-0.1, -0.05) is 0 Å². The van der Waals surface area contributed by atoms with Crippen molar-refractivity contribution in [2.45, 2.75) is 25.1 Å². The quantitative estimate of drug-likeness (QED) is 0.540. The molecule has 4 nitrogen and oxygen atoms in total. The van der Waals surface area contributed by atoms with Gasteiger partial charge in [-0.15, -0.1) is 0 Å². The zero-order chi connectivity index (χ0) is 22.5. The molecule has 0 fully saturated rings. The molecule has 2 heterocycles. The van der Waals surface area contributed by atoms with Crippen LogP contribution in [0, 0.1) is 0 Å². The number of alkyl halides is 9. The van der Waals surface area contributed by atoms with Crippen molar-refractivity contribution in [2.75, 3.05) is 0 Å². The zero-order valence-electron chi connectivity index (χ0n) is 14.3. The minimum absolute atomic E-state index is 0.0907. The number of hydrogen-bond acceptors (Lipinski definition) is 2. The molecule has 162 valence electrons. The summed E-state index contributed by atoms with van der Waals surface area (Å²) >= 11 is 0. The van der Waals surface area contributed by atoms with Crippen LogP contribution in [0.5, 0.6) is 0 Å². The van der Waals surface area contributed by atoms with Crippen LogP contribution in [0.25, 0.3) is 11.3 Å². The number of nitrogens with zero attached hydrogens (tertiary/aromatic N) is 1. The summed E-state index contributed by atoms with van der Waals surface area (Å²) in [4.78, 5) is 14.1. The lowest BCUT2D eigenvalue weighted by Gasteiger charge is -2.14. The molecule has 0 spiro atoms. The fourth-order valence-corrected chi connectivity index (χ4v) is 2.67. The Labute approximate surface area is 160 Å². The Kier molecular flexibility index (Phi) is 5.03. The number of rotatable bonds is 3. The van der Waals surface area contributed by atoms with Crippen LogP contribution in [0.1, 0.15) is 22.4 Å². The molecule has 0 amide bonds. The van der Waals surface area contributed by atoms with Crippen molar-refractivity contribution in [2.24, 2.45) is 0 Å². The topological polar surface area (TPSA) is 50.9 Å². The molecule has 0 unspecified atom stereocenters. The highest BCUT2D eigenvalue weighted by molar-refractivity contribution is 5.61. The maximum Gasteiger partial charge on any atom is 0.419 e. The molecule has 2 aromatic heterocycles. The van der Waals surface area contributed by atoms with Crippen LogP contribution in [0.3, 0.4) is 0 Å². The van der Waals surface area contributed by atoms with Crippen molar-refractivity contribution in [3.8, 4) is 11.3 Å². The van der Waals surface area contributed by atoms with E-state index in [9.17, 15) is 44.3 Å². The molecule has 0 aliphatic rings. The molecule has 0 saturated carbocycles. The van der Waals surface area contributed by atoms with Crippen molar-refractivity contribution in [1.82, 2.24) is 9.55 Å². The number of H-pyrrole nitrogens is 1. The van der Waals surface area contributed by atoms with Gasteiger partial charge in [-0.3, -0.25) is 4.57 Å². The number of benzene rings is 1. The second-order valence-corrected chi connectivity index (χ2v) is 6.18.